The molecule has 0 saturated carbocycles. The van der Waals surface area contributed by atoms with Crippen molar-refractivity contribution < 1.29 is 5.11 Å². The summed E-state index contributed by atoms with van der Waals surface area (Å²) in [4.78, 5) is 0. The SMILES string of the molecule is OCCCCCCC1=CC=CC[CH]1. The molecule has 13 heavy (non-hydrogen) atoms. The van der Waals surface area contributed by atoms with Gasteiger partial charge in [0.15, 0.2) is 0 Å². The van der Waals surface area contributed by atoms with Crippen LogP contribution >= 0.6 is 0 Å². The fourth-order valence-electron chi connectivity index (χ4n) is 1.54. The highest BCUT2D eigenvalue weighted by Gasteiger charge is 1.99. The fraction of sp³-hybridized carbons (Fsp3) is 0.583. The Bertz CT molecular complexity index is 180. The van der Waals surface area contributed by atoms with Gasteiger partial charge in [0.25, 0.3) is 0 Å². The number of aliphatic hydroxyl groups is 1. The summed E-state index contributed by atoms with van der Waals surface area (Å²) in [5.74, 6) is 0. The zero-order chi connectivity index (χ0) is 9.36. The van der Waals surface area contributed by atoms with Gasteiger partial charge in [-0.2, -0.15) is 0 Å². The van der Waals surface area contributed by atoms with E-state index in [2.05, 4.69) is 24.6 Å². The third-order valence-corrected chi connectivity index (χ3v) is 2.34. The van der Waals surface area contributed by atoms with E-state index in [4.69, 9.17) is 5.11 Å². The van der Waals surface area contributed by atoms with E-state index >= 15 is 0 Å². The Hall–Kier alpha value is -0.560. The molecule has 0 amide bonds. The molecule has 1 aliphatic carbocycles. The topological polar surface area (TPSA) is 20.2 Å². The highest BCUT2D eigenvalue weighted by Crippen LogP contribution is 2.17. The second kappa shape index (κ2) is 6.90. The lowest BCUT2D eigenvalue weighted by Gasteiger charge is -2.07. The molecule has 0 fully saturated rings. The molecule has 1 heteroatoms. The van der Waals surface area contributed by atoms with Crippen molar-refractivity contribution >= 4 is 0 Å². The Balaban J connectivity index is 1.99. The highest BCUT2D eigenvalue weighted by atomic mass is 16.2. The van der Waals surface area contributed by atoms with E-state index < -0.39 is 0 Å². The van der Waals surface area contributed by atoms with Crippen LogP contribution in [0.4, 0.5) is 0 Å². The van der Waals surface area contributed by atoms with Gasteiger partial charge in [0.1, 0.15) is 0 Å². The number of hydrogen-bond acceptors (Lipinski definition) is 1. The van der Waals surface area contributed by atoms with Crippen LogP contribution in [0.1, 0.15) is 38.5 Å². The average Bonchev–Trinajstić information content (AvgIpc) is 2.19. The van der Waals surface area contributed by atoms with Crippen LogP contribution in [-0.2, 0) is 0 Å². The van der Waals surface area contributed by atoms with Crippen LogP contribution in [0.5, 0.6) is 0 Å². The molecule has 0 atom stereocenters. The minimum Gasteiger partial charge on any atom is -0.396 e. The van der Waals surface area contributed by atoms with Crippen LogP contribution in [0, 0.1) is 6.42 Å². The van der Waals surface area contributed by atoms with E-state index in [-0.39, 0.29) is 0 Å². The molecule has 1 aliphatic rings. The van der Waals surface area contributed by atoms with Crippen molar-refractivity contribution in [2.75, 3.05) is 6.61 Å². The van der Waals surface area contributed by atoms with Crippen molar-refractivity contribution in [2.45, 2.75) is 38.5 Å². The van der Waals surface area contributed by atoms with Gasteiger partial charge in [-0.05, 0) is 32.1 Å². The van der Waals surface area contributed by atoms with Crippen molar-refractivity contribution in [3.63, 3.8) is 0 Å². The first-order valence-corrected chi connectivity index (χ1v) is 5.23. The molecular formula is C12H19O. The van der Waals surface area contributed by atoms with Gasteiger partial charge in [0.05, 0.1) is 0 Å². The Labute approximate surface area is 81.2 Å². The number of unbranched alkanes of at least 4 members (excludes halogenated alkanes) is 3. The minimum absolute atomic E-state index is 0.345. The van der Waals surface area contributed by atoms with E-state index in [0.29, 0.717) is 6.61 Å². The molecule has 1 rings (SSSR count). The first-order chi connectivity index (χ1) is 6.43. The largest absolute Gasteiger partial charge is 0.396 e. The van der Waals surface area contributed by atoms with E-state index in [0.717, 1.165) is 12.8 Å². The normalized spacial score (nSPS) is 15.9. The first-order valence-electron chi connectivity index (χ1n) is 5.23. The summed E-state index contributed by atoms with van der Waals surface area (Å²) in [6, 6.07) is 0. The smallest absolute Gasteiger partial charge is 0.0431 e. The molecule has 0 heterocycles. The van der Waals surface area contributed by atoms with Crippen molar-refractivity contribution in [3.8, 4) is 0 Å². The van der Waals surface area contributed by atoms with Crippen molar-refractivity contribution in [1.82, 2.24) is 0 Å². The van der Waals surface area contributed by atoms with E-state index in [1.807, 2.05) is 0 Å². The second-order valence-corrected chi connectivity index (χ2v) is 3.50. The lowest BCUT2D eigenvalue weighted by molar-refractivity contribution is 0.282. The van der Waals surface area contributed by atoms with Crippen LogP contribution < -0.4 is 0 Å². The summed E-state index contributed by atoms with van der Waals surface area (Å²) in [5, 5.41) is 8.59. The lowest BCUT2D eigenvalue weighted by Crippen LogP contribution is -1.89. The molecule has 0 aliphatic heterocycles. The first kappa shape index (κ1) is 10.5. The average molecular weight is 179 g/mol. The second-order valence-electron chi connectivity index (χ2n) is 3.50. The lowest BCUT2D eigenvalue weighted by atomic mass is 9.99. The third kappa shape index (κ3) is 4.89. The predicted octanol–water partition coefficient (Wildman–Crippen LogP) is 3.02. The zero-order valence-corrected chi connectivity index (χ0v) is 8.21. The maximum absolute atomic E-state index is 8.59. The molecule has 0 saturated heterocycles. The standard InChI is InChI=1S/C12H19O/c13-11-7-2-1-4-8-12-9-5-3-6-10-12/h3,5,9-10,13H,1-2,4,6-8,11H2. The molecule has 73 valence electrons. The van der Waals surface area contributed by atoms with Gasteiger partial charge < -0.3 is 5.11 Å². The summed E-state index contributed by atoms with van der Waals surface area (Å²) in [5.41, 5.74) is 1.48. The van der Waals surface area contributed by atoms with Crippen LogP contribution in [-0.4, -0.2) is 11.7 Å². The summed E-state index contributed by atoms with van der Waals surface area (Å²) < 4.78 is 0. The van der Waals surface area contributed by atoms with Crippen LogP contribution in [0.2, 0.25) is 0 Å². The molecular weight excluding hydrogens is 160 g/mol. The van der Waals surface area contributed by atoms with Gasteiger partial charge in [0, 0.05) is 6.61 Å². The maximum Gasteiger partial charge on any atom is 0.0431 e. The minimum atomic E-state index is 0.345. The highest BCUT2D eigenvalue weighted by molar-refractivity contribution is 5.25. The van der Waals surface area contributed by atoms with Gasteiger partial charge in [0.2, 0.25) is 0 Å². The van der Waals surface area contributed by atoms with E-state index in [1.54, 1.807) is 0 Å². The summed E-state index contributed by atoms with van der Waals surface area (Å²) in [6.07, 6.45) is 15.8. The van der Waals surface area contributed by atoms with Gasteiger partial charge in [-0.25, -0.2) is 0 Å². The summed E-state index contributed by atoms with van der Waals surface area (Å²) >= 11 is 0. The monoisotopic (exact) mass is 179 g/mol. The predicted molar refractivity (Wildman–Crippen MR) is 56.3 cm³/mol. The third-order valence-electron chi connectivity index (χ3n) is 2.34. The fourth-order valence-corrected chi connectivity index (χ4v) is 1.54. The molecule has 0 bridgehead atoms. The molecule has 0 spiro atoms. The Morgan fingerprint density at radius 2 is 2.00 bits per heavy atom. The Morgan fingerprint density at radius 1 is 1.15 bits per heavy atom. The quantitative estimate of drug-likeness (QED) is 0.621. The van der Waals surface area contributed by atoms with Crippen LogP contribution in [0.3, 0.4) is 0 Å². The number of aliphatic hydroxyl groups excluding tert-OH is 1. The molecule has 0 aromatic rings. The van der Waals surface area contributed by atoms with Crippen molar-refractivity contribution in [2.24, 2.45) is 0 Å². The molecule has 0 aromatic carbocycles. The molecule has 1 radical (unpaired) electrons. The summed E-state index contributed by atoms with van der Waals surface area (Å²) in [7, 11) is 0. The number of hydrogen-bond donors (Lipinski definition) is 1. The van der Waals surface area contributed by atoms with E-state index in [9.17, 15) is 0 Å². The van der Waals surface area contributed by atoms with Crippen molar-refractivity contribution in [3.05, 3.63) is 30.2 Å². The molecule has 1 nitrogen and oxygen atoms in total. The zero-order valence-electron chi connectivity index (χ0n) is 8.21. The summed E-state index contributed by atoms with van der Waals surface area (Å²) in [6.45, 7) is 0.345. The van der Waals surface area contributed by atoms with Gasteiger partial charge in [-0.1, -0.05) is 36.6 Å². The number of rotatable bonds is 6. The van der Waals surface area contributed by atoms with E-state index in [1.165, 1.54) is 31.3 Å². The molecule has 1 N–H and O–H groups in total. The van der Waals surface area contributed by atoms with Crippen LogP contribution in [0.25, 0.3) is 0 Å². The van der Waals surface area contributed by atoms with Gasteiger partial charge in [-0.3, -0.25) is 0 Å². The maximum atomic E-state index is 8.59. The van der Waals surface area contributed by atoms with Crippen molar-refractivity contribution in [1.29, 1.82) is 0 Å². The number of allylic oxidation sites excluding steroid dienone is 4. The van der Waals surface area contributed by atoms with Gasteiger partial charge in [-0.15, -0.1) is 0 Å². The molecule has 0 aromatic heterocycles. The molecule has 0 unspecified atom stereocenters. The Morgan fingerprint density at radius 3 is 2.69 bits per heavy atom. The van der Waals surface area contributed by atoms with Crippen LogP contribution in [0.15, 0.2) is 23.8 Å². The Kier molecular flexibility index (Phi) is 5.59. The van der Waals surface area contributed by atoms with Gasteiger partial charge >= 0.3 is 0 Å².